The van der Waals surface area contributed by atoms with Crippen LogP contribution in [-0.4, -0.2) is 22.9 Å². The number of nitrogens with one attached hydrogen (secondary N) is 1. The van der Waals surface area contributed by atoms with E-state index in [0.29, 0.717) is 0 Å². The third kappa shape index (κ3) is 3.17. The normalized spacial score (nSPS) is 9.40. The Kier molecular flexibility index (Phi) is 3.56. The molecule has 2 amide bonds. The van der Waals surface area contributed by atoms with Crippen LogP contribution >= 0.6 is 15.9 Å². The molecule has 0 saturated carbocycles. The second kappa shape index (κ2) is 4.70. The molecule has 0 saturated heterocycles. The van der Waals surface area contributed by atoms with Crippen LogP contribution in [0.1, 0.15) is 10.4 Å². The molecule has 0 radical (unpaired) electrons. The van der Waals surface area contributed by atoms with Gasteiger partial charge in [-0.3, -0.25) is 14.9 Å². The van der Waals surface area contributed by atoms with Gasteiger partial charge in [-0.25, -0.2) is 4.79 Å². The summed E-state index contributed by atoms with van der Waals surface area (Å²) >= 11 is 3.18. The fraction of sp³-hybridized carbons (Fsp3) is 0. The molecule has 5 nitrogen and oxygen atoms in total. The summed E-state index contributed by atoms with van der Waals surface area (Å²) in [4.78, 5) is 32.1. The highest BCUT2D eigenvalue weighted by Gasteiger charge is 2.15. The van der Waals surface area contributed by atoms with E-state index in [4.69, 9.17) is 5.11 Å². The van der Waals surface area contributed by atoms with Crippen LogP contribution in [0.3, 0.4) is 0 Å². The molecule has 1 rings (SSSR count). The van der Waals surface area contributed by atoms with Crippen molar-refractivity contribution in [2.24, 2.45) is 0 Å². The van der Waals surface area contributed by atoms with Crippen molar-refractivity contribution in [3.63, 3.8) is 0 Å². The number of rotatable bonds is 1. The lowest BCUT2D eigenvalue weighted by atomic mass is 10.2. The summed E-state index contributed by atoms with van der Waals surface area (Å²) in [5, 5.41) is 9.97. The van der Waals surface area contributed by atoms with Crippen LogP contribution in [0, 0.1) is 0 Å². The summed E-state index contributed by atoms with van der Waals surface area (Å²) in [6.45, 7) is 0. The predicted octanol–water partition coefficient (Wildman–Crippen LogP) is 0.790. The molecule has 0 heterocycles. The van der Waals surface area contributed by atoms with Gasteiger partial charge in [-0.15, -0.1) is 0 Å². The van der Waals surface area contributed by atoms with Crippen molar-refractivity contribution in [2.45, 2.75) is 0 Å². The number of carbonyl (C=O) groups excluding carboxylic acids is 2. The maximum atomic E-state index is 11.3. The van der Waals surface area contributed by atoms with Crippen LogP contribution in [0.5, 0.6) is 0 Å². The van der Waals surface area contributed by atoms with Gasteiger partial charge in [-0.1, -0.05) is 15.9 Å². The van der Waals surface area contributed by atoms with E-state index in [9.17, 15) is 14.4 Å². The van der Waals surface area contributed by atoms with E-state index in [1.165, 1.54) is 12.1 Å². The summed E-state index contributed by atoms with van der Waals surface area (Å²) < 4.78 is 0.781. The minimum Gasteiger partial charge on any atom is -0.474 e. The highest BCUT2D eigenvalue weighted by Crippen LogP contribution is 2.10. The van der Waals surface area contributed by atoms with Crippen LogP contribution in [0.4, 0.5) is 0 Å². The molecule has 0 aliphatic carbocycles. The molecule has 0 aliphatic rings. The van der Waals surface area contributed by atoms with Crippen LogP contribution in [0.2, 0.25) is 0 Å². The van der Waals surface area contributed by atoms with Gasteiger partial charge in [-0.2, -0.15) is 0 Å². The fourth-order valence-electron chi connectivity index (χ4n) is 0.830. The third-order valence-electron chi connectivity index (χ3n) is 1.53. The summed E-state index contributed by atoms with van der Waals surface area (Å²) in [5.74, 6) is -3.78. The summed E-state index contributed by atoms with van der Waals surface area (Å²) in [6.07, 6.45) is 0. The number of hydrogen-bond acceptors (Lipinski definition) is 3. The first-order chi connectivity index (χ1) is 7.00. The van der Waals surface area contributed by atoms with Gasteiger partial charge in [0.15, 0.2) is 0 Å². The minimum absolute atomic E-state index is 0.216. The predicted molar refractivity (Wildman–Crippen MR) is 54.3 cm³/mol. The van der Waals surface area contributed by atoms with Gasteiger partial charge in [0.25, 0.3) is 5.91 Å². The number of aliphatic carboxylic acids is 1. The Balaban J connectivity index is 2.74. The number of halogens is 1. The van der Waals surface area contributed by atoms with E-state index in [2.05, 4.69) is 15.9 Å². The average Bonchev–Trinajstić information content (AvgIpc) is 2.18. The van der Waals surface area contributed by atoms with Crippen molar-refractivity contribution < 1.29 is 19.5 Å². The van der Waals surface area contributed by atoms with E-state index in [0.717, 1.165) is 4.47 Å². The first kappa shape index (κ1) is 11.4. The molecule has 0 atom stereocenters. The zero-order chi connectivity index (χ0) is 11.4. The molecule has 1 aromatic carbocycles. The number of hydrogen-bond donors (Lipinski definition) is 2. The number of carboxylic acid groups (broad SMARTS) is 1. The fourth-order valence-corrected chi connectivity index (χ4v) is 1.09. The van der Waals surface area contributed by atoms with Crippen LogP contribution in [-0.2, 0) is 9.59 Å². The molecular weight excluding hydrogens is 266 g/mol. The lowest BCUT2D eigenvalue weighted by Crippen LogP contribution is -2.35. The second-order valence-electron chi connectivity index (χ2n) is 2.60. The molecular formula is C9H6BrNO4. The van der Waals surface area contributed by atoms with E-state index in [-0.39, 0.29) is 5.56 Å². The van der Waals surface area contributed by atoms with Gasteiger partial charge in [-0.05, 0) is 24.3 Å². The lowest BCUT2D eigenvalue weighted by molar-refractivity contribution is -0.149. The number of carbonyl (C=O) groups is 3. The topological polar surface area (TPSA) is 83.5 Å². The molecule has 2 N–H and O–H groups in total. The van der Waals surface area contributed by atoms with Gasteiger partial charge in [0.1, 0.15) is 0 Å². The molecule has 6 heteroatoms. The van der Waals surface area contributed by atoms with Gasteiger partial charge < -0.3 is 5.11 Å². The standard InChI is InChI=1S/C9H6BrNO4/c10-6-3-1-5(2-4-6)7(12)11-8(13)9(14)15/h1-4H,(H,14,15)(H,11,12,13). The van der Waals surface area contributed by atoms with Crippen molar-refractivity contribution >= 4 is 33.7 Å². The number of benzene rings is 1. The zero-order valence-electron chi connectivity index (χ0n) is 7.36. The molecule has 0 unspecified atom stereocenters. The van der Waals surface area contributed by atoms with E-state index in [1.807, 2.05) is 0 Å². The molecule has 0 spiro atoms. The largest absolute Gasteiger partial charge is 0.474 e. The maximum Gasteiger partial charge on any atom is 0.394 e. The van der Waals surface area contributed by atoms with Gasteiger partial charge in [0, 0.05) is 10.0 Å². The van der Waals surface area contributed by atoms with E-state index in [1.54, 1.807) is 17.4 Å². The van der Waals surface area contributed by atoms with E-state index >= 15 is 0 Å². The SMILES string of the molecule is O=C(O)C(=O)NC(=O)c1ccc(Br)cc1. The third-order valence-corrected chi connectivity index (χ3v) is 2.06. The first-order valence-electron chi connectivity index (χ1n) is 3.85. The van der Waals surface area contributed by atoms with Crippen molar-refractivity contribution in [2.75, 3.05) is 0 Å². The highest BCUT2D eigenvalue weighted by molar-refractivity contribution is 9.10. The van der Waals surface area contributed by atoms with Crippen LogP contribution in [0.25, 0.3) is 0 Å². The summed E-state index contributed by atoms with van der Waals surface area (Å²) in [6, 6.07) is 6.16. The van der Waals surface area contributed by atoms with E-state index < -0.39 is 17.8 Å². The summed E-state index contributed by atoms with van der Waals surface area (Å²) in [5.41, 5.74) is 0.216. The first-order valence-corrected chi connectivity index (χ1v) is 4.64. The van der Waals surface area contributed by atoms with Crippen molar-refractivity contribution in [3.8, 4) is 0 Å². The molecule has 1 aromatic rings. The molecule has 15 heavy (non-hydrogen) atoms. The minimum atomic E-state index is -1.69. The Labute approximate surface area is 93.2 Å². The molecule has 0 bridgehead atoms. The lowest BCUT2D eigenvalue weighted by Gasteiger charge is -2.00. The smallest absolute Gasteiger partial charge is 0.394 e. The average molecular weight is 272 g/mol. The van der Waals surface area contributed by atoms with Gasteiger partial charge in [0.2, 0.25) is 0 Å². The number of carboxylic acids is 1. The Hall–Kier alpha value is -1.69. The molecule has 0 aromatic heterocycles. The van der Waals surface area contributed by atoms with Crippen LogP contribution in [0.15, 0.2) is 28.7 Å². The van der Waals surface area contributed by atoms with Gasteiger partial charge >= 0.3 is 11.9 Å². The van der Waals surface area contributed by atoms with Crippen LogP contribution < -0.4 is 5.32 Å². The molecule has 0 fully saturated rings. The maximum absolute atomic E-state index is 11.3. The van der Waals surface area contributed by atoms with Crippen molar-refractivity contribution in [1.82, 2.24) is 5.32 Å². The zero-order valence-corrected chi connectivity index (χ0v) is 8.95. The highest BCUT2D eigenvalue weighted by atomic mass is 79.9. The Morgan fingerprint density at radius 3 is 2.13 bits per heavy atom. The molecule has 0 aliphatic heterocycles. The Morgan fingerprint density at radius 2 is 1.67 bits per heavy atom. The number of imide groups is 1. The van der Waals surface area contributed by atoms with Crippen molar-refractivity contribution in [1.29, 1.82) is 0 Å². The summed E-state index contributed by atoms with van der Waals surface area (Å²) in [7, 11) is 0. The quantitative estimate of drug-likeness (QED) is 0.740. The monoisotopic (exact) mass is 271 g/mol. The van der Waals surface area contributed by atoms with Crippen molar-refractivity contribution in [3.05, 3.63) is 34.3 Å². The van der Waals surface area contributed by atoms with Gasteiger partial charge in [0.05, 0.1) is 0 Å². The Morgan fingerprint density at radius 1 is 1.13 bits per heavy atom. The number of amides is 2. The Bertz CT molecular complexity index is 413. The molecule has 78 valence electrons. The second-order valence-corrected chi connectivity index (χ2v) is 3.51.